The minimum Gasteiger partial charge on any atom is -0.480 e. The minimum absolute atomic E-state index is 0.0724. The molecule has 0 saturated carbocycles. The molecule has 96 valence electrons. The Balaban J connectivity index is 2.08. The largest absolute Gasteiger partial charge is 0.480 e. The first-order chi connectivity index (χ1) is 8.20. The lowest BCUT2D eigenvalue weighted by Gasteiger charge is -2.31. The van der Waals surface area contributed by atoms with E-state index in [4.69, 9.17) is 0 Å². The van der Waals surface area contributed by atoms with Crippen LogP contribution in [0.3, 0.4) is 0 Å². The van der Waals surface area contributed by atoms with Crippen LogP contribution in [0.15, 0.2) is 0 Å². The third-order valence-corrected chi connectivity index (χ3v) is 3.66. The van der Waals surface area contributed by atoms with Crippen molar-refractivity contribution in [2.45, 2.75) is 44.6 Å². The number of carboxylic acids is 1. The van der Waals surface area contributed by atoms with Gasteiger partial charge in [0.1, 0.15) is 6.04 Å². The van der Waals surface area contributed by atoms with E-state index in [2.05, 4.69) is 0 Å². The van der Waals surface area contributed by atoms with Gasteiger partial charge in [-0.05, 0) is 25.7 Å². The second-order valence-corrected chi connectivity index (χ2v) is 4.87. The quantitative estimate of drug-likeness (QED) is 0.756. The van der Waals surface area contributed by atoms with Gasteiger partial charge in [-0.1, -0.05) is 12.8 Å². The van der Waals surface area contributed by atoms with Gasteiger partial charge in [0.25, 0.3) is 0 Å². The fraction of sp³-hybridized carbons (Fsp3) is 0.833. The van der Waals surface area contributed by atoms with E-state index in [-0.39, 0.29) is 6.03 Å². The summed E-state index contributed by atoms with van der Waals surface area (Å²) in [6.07, 6.45) is 5.52. The number of hydrogen-bond acceptors (Lipinski definition) is 2. The van der Waals surface area contributed by atoms with E-state index >= 15 is 0 Å². The maximum Gasteiger partial charge on any atom is 0.326 e. The second kappa shape index (κ2) is 5.38. The molecule has 0 bridgehead atoms. The second-order valence-electron chi connectivity index (χ2n) is 4.87. The first-order valence-electron chi connectivity index (χ1n) is 6.48. The number of carboxylic acid groups (broad SMARTS) is 1. The highest BCUT2D eigenvalue weighted by atomic mass is 16.4. The molecule has 0 aromatic heterocycles. The van der Waals surface area contributed by atoms with Gasteiger partial charge in [0.05, 0.1) is 0 Å². The number of likely N-dealkylation sites (tertiary alicyclic amines) is 2. The van der Waals surface area contributed by atoms with Gasteiger partial charge in [0, 0.05) is 19.6 Å². The van der Waals surface area contributed by atoms with Crippen molar-refractivity contribution in [2.75, 3.05) is 19.6 Å². The Kier molecular flexibility index (Phi) is 3.86. The summed E-state index contributed by atoms with van der Waals surface area (Å²) in [7, 11) is 0. The zero-order valence-corrected chi connectivity index (χ0v) is 10.1. The Morgan fingerprint density at radius 1 is 0.941 bits per heavy atom. The van der Waals surface area contributed by atoms with Crippen molar-refractivity contribution in [3.05, 3.63) is 0 Å². The van der Waals surface area contributed by atoms with Crippen molar-refractivity contribution in [1.82, 2.24) is 9.80 Å². The molecule has 0 radical (unpaired) electrons. The van der Waals surface area contributed by atoms with E-state index in [1.807, 2.05) is 0 Å². The molecule has 1 unspecified atom stereocenters. The standard InChI is InChI=1S/C12H20N2O3/c15-11(16)10-6-2-1-3-9-14(10)12(17)13-7-4-5-8-13/h10H,1-9H2,(H,15,16). The Hall–Kier alpha value is -1.26. The number of nitrogens with zero attached hydrogens (tertiary/aromatic N) is 2. The zero-order chi connectivity index (χ0) is 12.3. The summed E-state index contributed by atoms with van der Waals surface area (Å²) in [4.78, 5) is 26.8. The number of rotatable bonds is 1. The van der Waals surface area contributed by atoms with Crippen LogP contribution in [0, 0.1) is 0 Å². The first-order valence-corrected chi connectivity index (χ1v) is 6.48. The summed E-state index contributed by atoms with van der Waals surface area (Å²) in [5.41, 5.74) is 0. The molecule has 17 heavy (non-hydrogen) atoms. The van der Waals surface area contributed by atoms with E-state index in [1.54, 1.807) is 9.80 Å². The van der Waals surface area contributed by atoms with Crippen LogP contribution in [0.4, 0.5) is 4.79 Å². The summed E-state index contributed by atoms with van der Waals surface area (Å²) in [5, 5.41) is 9.21. The van der Waals surface area contributed by atoms with Crippen molar-refractivity contribution >= 4 is 12.0 Å². The topological polar surface area (TPSA) is 60.9 Å². The normalized spacial score (nSPS) is 25.8. The first kappa shape index (κ1) is 12.2. The average molecular weight is 240 g/mol. The molecule has 1 N–H and O–H groups in total. The fourth-order valence-corrected chi connectivity index (χ4v) is 2.68. The van der Waals surface area contributed by atoms with Gasteiger partial charge >= 0.3 is 12.0 Å². The molecule has 0 aromatic rings. The summed E-state index contributed by atoms with van der Waals surface area (Å²) in [5.74, 6) is -0.862. The SMILES string of the molecule is O=C(O)C1CCCCCN1C(=O)N1CCCC1. The minimum atomic E-state index is -0.862. The van der Waals surface area contributed by atoms with E-state index in [0.29, 0.717) is 13.0 Å². The maximum atomic E-state index is 12.3. The third kappa shape index (κ3) is 2.70. The molecule has 2 aliphatic rings. The molecule has 2 saturated heterocycles. The van der Waals surface area contributed by atoms with E-state index in [0.717, 1.165) is 45.2 Å². The summed E-state index contributed by atoms with van der Waals surface area (Å²) in [6, 6.07) is -0.692. The Morgan fingerprint density at radius 2 is 1.59 bits per heavy atom. The average Bonchev–Trinajstić information content (AvgIpc) is 2.71. The van der Waals surface area contributed by atoms with Crippen molar-refractivity contribution in [3.8, 4) is 0 Å². The molecule has 1 atom stereocenters. The molecule has 2 heterocycles. The fourth-order valence-electron chi connectivity index (χ4n) is 2.68. The van der Waals surface area contributed by atoms with Crippen molar-refractivity contribution in [2.24, 2.45) is 0 Å². The molecular weight excluding hydrogens is 220 g/mol. The van der Waals surface area contributed by atoms with Crippen LogP contribution in [0.5, 0.6) is 0 Å². The lowest BCUT2D eigenvalue weighted by atomic mass is 10.1. The Labute approximate surface area is 101 Å². The van der Waals surface area contributed by atoms with Crippen LogP contribution >= 0.6 is 0 Å². The van der Waals surface area contributed by atoms with Crippen LogP contribution < -0.4 is 0 Å². The van der Waals surface area contributed by atoms with Crippen molar-refractivity contribution in [1.29, 1.82) is 0 Å². The lowest BCUT2D eigenvalue weighted by Crippen LogP contribution is -2.50. The van der Waals surface area contributed by atoms with Crippen molar-refractivity contribution in [3.63, 3.8) is 0 Å². The van der Waals surface area contributed by atoms with Gasteiger partial charge in [0.2, 0.25) is 0 Å². The zero-order valence-electron chi connectivity index (χ0n) is 10.1. The molecule has 5 heteroatoms. The molecule has 0 aliphatic carbocycles. The Bertz CT molecular complexity index is 300. The molecule has 2 rings (SSSR count). The van der Waals surface area contributed by atoms with E-state index in [1.165, 1.54) is 0 Å². The highest BCUT2D eigenvalue weighted by Crippen LogP contribution is 2.20. The summed E-state index contributed by atoms with van der Waals surface area (Å²) in [6.45, 7) is 2.15. The number of hydrogen-bond donors (Lipinski definition) is 1. The monoisotopic (exact) mass is 240 g/mol. The molecule has 2 amide bonds. The number of amides is 2. The third-order valence-electron chi connectivity index (χ3n) is 3.66. The molecule has 2 aliphatic heterocycles. The number of urea groups is 1. The Morgan fingerprint density at radius 3 is 2.24 bits per heavy atom. The van der Waals surface area contributed by atoms with Crippen LogP contribution in [-0.4, -0.2) is 52.6 Å². The summed E-state index contributed by atoms with van der Waals surface area (Å²) >= 11 is 0. The maximum absolute atomic E-state index is 12.3. The van der Waals surface area contributed by atoms with E-state index in [9.17, 15) is 14.7 Å². The smallest absolute Gasteiger partial charge is 0.326 e. The van der Waals surface area contributed by atoms with Gasteiger partial charge in [0.15, 0.2) is 0 Å². The van der Waals surface area contributed by atoms with Gasteiger partial charge in [-0.15, -0.1) is 0 Å². The van der Waals surface area contributed by atoms with Gasteiger partial charge in [-0.2, -0.15) is 0 Å². The van der Waals surface area contributed by atoms with Gasteiger partial charge < -0.3 is 14.9 Å². The predicted molar refractivity (Wildman–Crippen MR) is 62.8 cm³/mol. The number of carbonyl (C=O) groups is 2. The van der Waals surface area contributed by atoms with Gasteiger partial charge in [-0.3, -0.25) is 0 Å². The number of carbonyl (C=O) groups excluding carboxylic acids is 1. The summed E-state index contributed by atoms with van der Waals surface area (Å²) < 4.78 is 0. The molecule has 0 spiro atoms. The van der Waals surface area contributed by atoms with E-state index < -0.39 is 12.0 Å². The molecule has 2 fully saturated rings. The van der Waals surface area contributed by atoms with Crippen LogP contribution in [0.2, 0.25) is 0 Å². The van der Waals surface area contributed by atoms with Crippen molar-refractivity contribution < 1.29 is 14.7 Å². The highest BCUT2D eigenvalue weighted by molar-refractivity contribution is 5.82. The van der Waals surface area contributed by atoms with Crippen LogP contribution in [0.25, 0.3) is 0 Å². The lowest BCUT2D eigenvalue weighted by molar-refractivity contribution is -0.142. The number of aliphatic carboxylic acids is 1. The molecular formula is C12H20N2O3. The highest BCUT2D eigenvalue weighted by Gasteiger charge is 2.33. The molecule has 5 nitrogen and oxygen atoms in total. The van der Waals surface area contributed by atoms with Gasteiger partial charge in [-0.25, -0.2) is 9.59 Å². The van der Waals surface area contributed by atoms with Crippen LogP contribution in [0.1, 0.15) is 38.5 Å². The predicted octanol–water partition coefficient (Wildman–Crippen LogP) is 1.53. The molecule has 0 aromatic carbocycles. The van der Waals surface area contributed by atoms with Crippen LogP contribution in [-0.2, 0) is 4.79 Å².